The minimum atomic E-state index is -0.490. The zero-order valence-electron chi connectivity index (χ0n) is 16.8. The monoisotopic (exact) mass is 365 g/mol. The number of aromatic nitrogens is 1. The van der Waals surface area contributed by atoms with Gasteiger partial charge in [-0.1, -0.05) is 36.4 Å². The maximum absolute atomic E-state index is 13.3. The van der Waals surface area contributed by atoms with Crippen LogP contribution in [0.25, 0.3) is 0 Å². The van der Waals surface area contributed by atoms with Crippen LogP contribution in [0, 0.1) is 0 Å². The fraction of sp³-hybridized carbons (Fsp3) is 0.478. The van der Waals surface area contributed by atoms with Crippen LogP contribution in [0.2, 0.25) is 0 Å². The van der Waals surface area contributed by atoms with Gasteiger partial charge in [0, 0.05) is 44.0 Å². The third-order valence-electron chi connectivity index (χ3n) is 5.78. The Morgan fingerprint density at radius 3 is 2.63 bits per heavy atom. The van der Waals surface area contributed by atoms with Crippen LogP contribution in [0.4, 0.5) is 0 Å². The molecule has 1 aliphatic rings. The number of likely N-dealkylation sites (tertiary alicyclic amines) is 1. The van der Waals surface area contributed by atoms with Gasteiger partial charge in [-0.3, -0.25) is 9.78 Å². The minimum Gasteiger partial charge on any atom is -0.340 e. The molecule has 2 aromatic rings. The molecule has 0 bridgehead atoms. The highest BCUT2D eigenvalue weighted by Crippen LogP contribution is 2.27. The van der Waals surface area contributed by atoms with E-state index >= 15 is 0 Å². The third-order valence-corrected chi connectivity index (χ3v) is 5.78. The van der Waals surface area contributed by atoms with E-state index < -0.39 is 5.41 Å². The average Bonchev–Trinajstić information content (AvgIpc) is 2.73. The maximum atomic E-state index is 13.3. The normalized spacial score (nSPS) is 17.9. The van der Waals surface area contributed by atoms with Gasteiger partial charge in [0.1, 0.15) is 0 Å². The first kappa shape index (κ1) is 19.6. The highest BCUT2D eigenvalue weighted by Gasteiger charge is 2.36. The van der Waals surface area contributed by atoms with Crippen molar-refractivity contribution in [1.29, 1.82) is 0 Å². The summed E-state index contributed by atoms with van der Waals surface area (Å²) in [7, 11) is 2.17. The molecule has 1 aliphatic heterocycles. The molecule has 3 rings (SSSR count). The topological polar surface area (TPSA) is 36.4 Å². The number of hydrogen-bond acceptors (Lipinski definition) is 3. The van der Waals surface area contributed by atoms with Gasteiger partial charge in [-0.05, 0) is 51.4 Å². The Hall–Kier alpha value is -2.20. The Balaban J connectivity index is 1.60. The summed E-state index contributed by atoms with van der Waals surface area (Å²) in [6.07, 6.45) is 5.00. The maximum Gasteiger partial charge on any atom is 0.232 e. The van der Waals surface area contributed by atoms with Crippen LogP contribution >= 0.6 is 0 Å². The Labute approximate surface area is 163 Å². The molecule has 0 unspecified atom stereocenters. The first-order valence-corrected chi connectivity index (χ1v) is 9.93. The molecule has 27 heavy (non-hydrogen) atoms. The van der Waals surface area contributed by atoms with Gasteiger partial charge in [0.05, 0.1) is 5.41 Å². The van der Waals surface area contributed by atoms with Crippen LogP contribution in [-0.4, -0.2) is 53.4 Å². The van der Waals surface area contributed by atoms with E-state index in [1.165, 1.54) is 0 Å². The van der Waals surface area contributed by atoms with Gasteiger partial charge in [0.15, 0.2) is 0 Å². The number of hydrogen-bond donors (Lipinski definition) is 0. The van der Waals surface area contributed by atoms with E-state index in [1.54, 1.807) is 0 Å². The van der Waals surface area contributed by atoms with E-state index in [0.29, 0.717) is 6.04 Å². The Morgan fingerprint density at radius 2 is 1.93 bits per heavy atom. The van der Waals surface area contributed by atoms with Crippen molar-refractivity contribution in [3.63, 3.8) is 0 Å². The summed E-state index contributed by atoms with van der Waals surface area (Å²) in [4.78, 5) is 22.1. The van der Waals surface area contributed by atoms with Gasteiger partial charge >= 0.3 is 0 Å². The number of benzene rings is 1. The molecule has 144 valence electrons. The molecule has 1 atom stereocenters. The Kier molecular flexibility index (Phi) is 6.27. The summed E-state index contributed by atoms with van der Waals surface area (Å²) >= 11 is 0. The molecule has 0 radical (unpaired) electrons. The third kappa shape index (κ3) is 4.75. The van der Waals surface area contributed by atoms with Crippen molar-refractivity contribution in [1.82, 2.24) is 14.8 Å². The van der Waals surface area contributed by atoms with Crippen molar-refractivity contribution < 1.29 is 4.79 Å². The van der Waals surface area contributed by atoms with Crippen LogP contribution < -0.4 is 0 Å². The van der Waals surface area contributed by atoms with Crippen molar-refractivity contribution in [2.45, 2.75) is 44.6 Å². The van der Waals surface area contributed by atoms with Gasteiger partial charge in [-0.25, -0.2) is 0 Å². The molecule has 1 fully saturated rings. The summed E-state index contributed by atoms with van der Waals surface area (Å²) < 4.78 is 0. The lowest BCUT2D eigenvalue weighted by molar-refractivity contribution is -0.138. The summed E-state index contributed by atoms with van der Waals surface area (Å²) in [5.74, 6) is 0.233. The Morgan fingerprint density at radius 1 is 1.19 bits per heavy atom. The van der Waals surface area contributed by atoms with Crippen molar-refractivity contribution in [2.75, 3.05) is 26.7 Å². The summed E-state index contributed by atoms with van der Waals surface area (Å²) in [5.41, 5.74) is 1.72. The largest absolute Gasteiger partial charge is 0.340 e. The van der Waals surface area contributed by atoms with E-state index in [1.807, 2.05) is 50.4 Å². The Bertz CT molecular complexity index is 730. The molecule has 2 heterocycles. The summed E-state index contributed by atoms with van der Waals surface area (Å²) in [6.45, 7) is 6.72. The number of amides is 1. The summed E-state index contributed by atoms with van der Waals surface area (Å²) in [6, 6.07) is 16.6. The van der Waals surface area contributed by atoms with Crippen molar-refractivity contribution in [3.8, 4) is 0 Å². The lowest BCUT2D eigenvalue weighted by Gasteiger charge is -2.41. The zero-order chi connectivity index (χ0) is 19.3. The van der Waals surface area contributed by atoms with E-state index in [-0.39, 0.29) is 5.91 Å². The van der Waals surface area contributed by atoms with Crippen LogP contribution in [0.5, 0.6) is 0 Å². The standard InChI is InChI=1S/C23H31N3O/c1-23(2,19-10-5-4-6-11-19)22(27)26-16-9-13-21(18-26)25(3)17-14-20-12-7-8-15-24-20/h4-8,10-12,15,21H,9,13-14,16-18H2,1-3H3/t21-/m1/s1. The lowest BCUT2D eigenvalue weighted by Crippen LogP contribution is -2.53. The smallest absolute Gasteiger partial charge is 0.232 e. The van der Waals surface area contributed by atoms with Crippen LogP contribution in [0.1, 0.15) is 37.9 Å². The molecular formula is C23H31N3O. The van der Waals surface area contributed by atoms with Gasteiger partial charge in [0.2, 0.25) is 5.91 Å². The highest BCUT2D eigenvalue weighted by molar-refractivity contribution is 5.87. The second-order valence-corrected chi connectivity index (χ2v) is 8.09. The van der Waals surface area contributed by atoms with Crippen LogP contribution in [0.15, 0.2) is 54.7 Å². The van der Waals surface area contributed by atoms with Crippen LogP contribution in [0.3, 0.4) is 0 Å². The molecule has 1 aromatic carbocycles. The predicted molar refractivity (Wildman–Crippen MR) is 110 cm³/mol. The number of nitrogens with zero attached hydrogens (tertiary/aromatic N) is 3. The second-order valence-electron chi connectivity index (χ2n) is 8.09. The van der Waals surface area contributed by atoms with Gasteiger partial charge in [-0.15, -0.1) is 0 Å². The lowest BCUT2D eigenvalue weighted by atomic mass is 9.82. The molecular weight excluding hydrogens is 334 g/mol. The molecule has 1 saturated heterocycles. The second kappa shape index (κ2) is 8.66. The molecule has 4 heteroatoms. The van der Waals surface area contributed by atoms with Crippen LogP contribution in [-0.2, 0) is 16.6 Å². The van der Waals surface area contributed by atoms with Crippen molar-refractivity contribution in [3.05, 3.63) is 66.0 Å². The van der Waals surface area contributed by atoms with E-state index in [2.05, 4.69) is 40.0 Å². The minimum absolute atomic E-state index is 0.233. The number of carbonyl (C=O) groups is 1. The average molecular weight is 366 g/mol. The van der Waals surface area contributed by atoms with Gasteiger partial charge < -0.3 is 9.80 Å². The fourth-order valence-electron chi connectivity index (χ4n) is 3.89. The predicted octanol–water partition coefficient (Wildman–Crippen LogP) is 3.52. The van der Waals surface area contributed by atoms with Crippen molar-refractivity contribution in [2.24, 2.45) is 0 Å². The van der Waals surface area contributed by atoms with E-state index in [4.69, 9.17) is 0 Å². The van der Waals surface area contributed by atoms with E-state index in [9.17, 15) is 4.79 Å². The van der Waals surface area contributed by atoms with Gasteiger partial charge in [0.25, 0.3) is 0 Å². The molecule has 1 aromatic heterocycles. The van der Waals surface area contributed by atoms with Gasteiger partial charge in [-0.2, -0.15) is 0 Å². The molecule has 1 amide bonds. The molecule has 4 nitrogen and oxygen atoms in total. The number of likely N-dealkylation sites (N-methyl/N-ethyl adjacent to an activating group) is 1. The first-order valence-electron chi connectivity index (χ1n) is 9.93. The van der Waals surface area contributed by atoms with E-state index in [0.717, 1.165) is 50.2 Å². The highest BCUT2D eigenvalue weighted by atomic mass is 16.2. The van der Waals surface area contributed by atoms with Crippen molar-refractivity contribution >= 4 is 5.91 Å². The molecule has 0 aliphatic carbocycles. The number of carbonyl (C=O) groups excluding carboxylic acids is 1. The number of pyridine rings is 1. The molecule has 0 N–H and O–H groups in total. The quantitative estimate of drug-likeness (QED) is 0.786. The molecule has 0 saturated carbocycles. The summed E-state index contributed by atoms with van der Waals surface area (Å²) in [5, 5.41) is 0. The number of rotatable bonds is 6. The fourth-order valence-corrected chi connectivity index (χ4v) is 3.89. The zero-order valence-corrected chi connectivity index (χ0v) is 16.8. The number of piperidine rings is 1. The molecule has 0 spiro atoms. The first-order chi connectivity index (χ1) is 13.0. The SMILES string of the molecule is CN(CCc1ccccn1)[C@@H]1CCCN(C(=O)C(C)(C)c2ccccc2)C1.